The molecule has 2 atom stereocenters. The molecule has 4 nitrogen and oxygen atoms in total. The van der Waals surface area contributed by atoms with Gasteiger partial charge in [-0.1, -0.05) is 18.2 Å². The van der Waals surface area contributed by atoms with Crippen molar-refractivity contribution < 1.29 is 9.69 Å². The van der Waals surface area contributed by atoms with Crippen LogP contribution in [0.25, 0.3) is 10.2 Å². The Kier molecular flexibility index (Phi) is 5.86. The number of para-hydroxylation sites is 1. The number of hydrogen-bond donors (Lipinski definition) is 1. The number of benzene rings is 1. The third-order valence-electron chi connectivity index (χ3n) is 5.34. The quantitative estimate of drug-likeness (QED) is 0.690. The average Bonchev–Trinajstić information content (AvgIpc) is 3.37. The highest BCUT2D eigenvalue weighted by molar-refractivity contribution is 7.18. The fourth-order valence-corrected chi connectivity index (χ4v) is 5.64. The number of aromatic nitrogens is 1. The number of amides is 1. The number of thiophene rings is 1. The number of carbonyl (C=O) groups is 1. The van der Waals surface area contributed by atoms with E-state index in [1.165, 1.54) is 19.5 Å². The molecule has 27 heavy (non-hydrogen) atoms. The van der Waals surface area contributed by atoms with E-state index in [1.54, 1.807) is 22.7 Å². The van der Waals surface area contributed by atoms with E-state index in [2.05, 4.69) is 47.5 Å². The summed E-state index contributed by atoms with van der Waals surface area (Å²) >= 11 is 3.56. The summed E-state index contributed by atoms with van der Waals surface area (Å²) < 4.78 is 1.24. The minimum atomic E-state index is 0.286. The minimum absolute atomic E-state index is 0.286. The lowest BCUT2D eigenvalue weighted by atomic mass is 9.98. The number of likely N-dealkylation sites (tertiary alicyclic amines) is 1. The molecule has 1 fully saturated rings. The van der Waals surface area contributed by atoms with Crippen LogP contribution < -0.4 is 4.90 Å². The first kappa shape index (κ1) is 18.6. The molecule has 3 heterocycles. The average molecular weight is 401 g/mol. The Balaban J connectivity index is 1.40. The monoisotopic (exact) mass is 400 g/mol. The van der Waals surface area contributed by atoms with E-state index in [9.17, 15) is 4.79 Å². The SMILES string of the molecule is CC[NH+](CC(=O)N1CCC[C@@H](c2nc3ccccc3s2)C1)Cc1cccs1. The van der Waals surface area contributed by atoms with Crippen molar-refractivity contribution in [3.63, 3.8) is 0 Å². The Morgan fingerprint density at radius 1 is 1.30 bits per heavy atom. The third-order valence-corrected chi connectivity index (χ3v) is 7.41. The predicted octanol–water partition coefficient (Wildman–Crippen LogP) is 3.17. The van der Waals surface area contributed by atoms with E-state index in [0.29, 0.717) is 12.5 Å². The van der Waals surface area contributed by atoms with Gasteiger partial charge in [-0.15, -0.1) is 22.7 Å². The van der Waals surface area contributed by atoms with E-state index in [-0.39, 0.29) is 5.91 Å². The number of quaternary nitrogens is 1. The molecule has 0 bridgehead atoms. The molecule has 2 aromatic heterocycles. The van der Waals surface area contributed by atoms with E-state index in [4.69, 9.17) is 4.98 Å². The van der Waals surface area contributed by atoms with Gasteiger partial charge in [0.25, 0.3) is 5.91 Å². The molecule has 0 aliphatic carbocycles. The summed E-state index contributed by atoms with van der Waals surface area (Å²) in [6.07, 6.45) is 2.20. The molecule has 142 valence electrons. The highest BCUT2D eigenvalue weighted by Crippen LogP contribution is 2.32. The highest BCUT2D eigenvalue weighted by Gasteiger charge is 2.28. The number of hydrogen-bond acceptors (Lipinski definition) is 4. The molecule has 0 saturated carbocycles. The first-order valence-corrected chi connectivity index (χ1v) is 11.4. The maximum Gasteiger partial charge on any atom is 0.277 e. The Morgan fingerprint density at radius 3 is 2.96 bits per heavy atom. The summed E-state index contributed by atoms with van der Waals surface area (Å²) in [4.78, 5) is 22.5. The second kappa shape index (κ2) is 8.50. The maximum atomic E-state index is 12.9. The number of carbonyl (C=O) groups excluding carboxylic acids is 1. The van der Waals surface area contributed by atoms with Crippen LogP contribution in [0.3, 0.4) is 0 Å². The van der Waals surface area contributed by atoms with Gasteiger partial charge in [0, 0.05) is 19.0 Å². The van der Waals surface area contributed by atoms with E-state index in [0.717, 1.165) is 44.5 Å². The van der Waals surface area contributed by atoms with Crippen molar-refractivity contribution in [3.05, 3.63) is 51.7 Å². The van der Waals surface area contributed by atoms with Crippen LogP contribution in [0.5, 0.6) is 0 Å². The summed E-state index contributed by atoms with van der Waals surface area (Å²) in [6.45, 7) is 6.36. The van der Waals surface area contributed by atoms with E-state index >= 15 is 0 Å². The van der Waals surface area contributed by atoms with Crippen molar-refractivity contribution in [2.45, 2.75) is 32.2 Å². The molecule has 3 aromatic rings. The number of nitrogens with one attached hydrogen (secondary N) is 1. The molecular weight excluding hydrogens is 374 g/mol. The van der Waals surface area contributed by atoms with Gasteiger partial charge in [0.05, 0.1) is 26.6 Å². The van der Waals surface area contributed by atoms with Crippen LogP contribution in [0, 0.1) is 0 Å². The van der Waals surface area contributed by atoms with Gasteiger partial charge in [0.1, 0.15) is 6.54 Å². The van der Waals surface area contributed by atoms with Gasteiger partial charge in [0.15, 0.2) is 6.54 Å². The van der Waals surface area contributed by atoms with Crippen LogP contribution >= 0.6 is 22.7 Å². The molecule has 1 amide bonds. The van der Waals surface area contributed by atoms with Crippen LogP contribution in [0.4, 0.5) is 0 Å². The second-order valence-corrected chi connectivity index (χ2v) is 9.33. The lowest BCUT2D eigenvalue weighted by molar-refractivity contribution is -0.904. The number of nitrogens with zero attached hydrogens (tertiary/aromatic N) is 2. The van der Waals surface area contributed by atoms with Crippen molar-refractivity contribution >= 4 is 38.8 Å². The number of thiazole rings is 1. The molecule has 0 radical (unpaired) electrons. The van der Waals surface area contributed by atoms with Crippen LogP contribution in [-0.4, -0.2) is 42.0 Å². The van der Waals surface area contributed by atoms with Crippen molar-refractivity contribution in [2.24, 2.45) is 0 Å². The fourth-order valence-electron chi connectivity index (χ4n) is 3.77. The zero-order chi connectivity index (χ0) is 18.6. The Bertz CT molecular complexity index is 857. The standard InChI is InChI=1S/C21H25N3OS2/c1-2-23(14-17-8-6-12-26-17)15-20(25)24-11-5-7-16(13-24)21-22-18-9-3-4-10-19(18)27-21/h3-4,6,8-10,12,16H,2,5,7,11,13-15H2,1H3/p+1/t16-/m1/s1. The normalized spacial score (nSPS) is 18.7. The summed E-state index contributed by atoms with van der Waals surface area (Å²) in [5.74, 6) is 0.664. The van der Waals surface area contributed by atoms with Crippen molar-refractivity contribution in [2.75, 3.05) is 26.2 Å². The first-order valence-electron chi connectivity index (χ1n) is 9.72. The lowest BCUT2D eigenvalue weighted by Crippen LogP contribution is -3.11. The van der Waals surface area contributed by atoms with Gasteiger partial charge >= 0.3 is 0 Å². The molecule has 1 aromatic carbocycles. The van der Waals surface area contributed by atoms with Gasteiger partial charge in [-0.3, -0.25) is 4.79 Å². The maximum absolute atomic E-state index is 12.9. The predicted molar refractivity (Wildman–Crippen MR) is 113 cm³/mol. The van der Waals surface area contributed by atoms with E-state index < -0.39 is 0 Å². The fraction of sp³-hybridized carbons (Fsp3) is 0.429. The largest absolute Gasteiger partial charge is 0.337 e. The minimum Gasteiger partial charge on any atom is -0.337 e. The van der Waals surface area contributed by atoms with Crippen LogP contribution in [0.1, 0.15) is 35.6 Å². The zero-order valence-corrected chi connectivity index (χ0v) is 17.3. The van der Waals surface area contributed by atoms with Crippen LogP contribution in [0.15, 0.2) is 41.8 Å². The molecule has 1 aliphatic rings. The molecular formula is C21H26N3OS2+. The molecule has 1 aliphatic heterocycles. The lowest BCUT2D eigenvalue weighted by Gasteiger charge is -2.32. The molecule has 1 N–H and O–H groups in total. The van der Waals surface area contributed by atoms with Gasteiger partial charge in [-0.25, -0.2) is 4.98 Å². The van der Waals surface area contributed by atoms with E-state index in [1.807, 2.05) is 6.07 Å². The Labute approximate surface area is 168 Å². The Hall–Kier alpha value is -1.76. The third kappa shape index (κ3) is 4.39. The summed E-state index contributed by atoms with van der Waals surface area (Å²) in [5, 5.41) is 3.30. The van der Waals surface area contributed by atoms with Crippen molar-refractivity contribution in [1.29, 1.82) is 0 Å². The molecule has 0 spiro atoms. The zero-order valence-electron chi connectivity index (χ0n) is 15.7. The summed E-state index contributed by atoms with van der Waals surface area (Å²) in [7, 11) is 0. The van der Waals surface area contributed by atoms with Crippen molar-refractivity contribution in [3.8, 4) is 0 Å². The number of likely N-dealkylation sites (N-methyl/N-ethyl adjacent to an activating group) is 1. The van der Waals surface area contributed by atoms with Gasteiger partial charge < -0.3 is 9.80 Å². The second-order valence-electron chi connectivity index (χ2n) is 7.24. The summed E-state index contributed by atoms with van der Waals surface area (Å²) in [5.41, 5.74) is 1.08. The molecule has 1 unspecified atom stereocenters. The van der Waals surface area contributed by atoms with Crippen LogP contribution in [0.2, 0.25) is 0 Å². The van der Waals surface area contributed by atoms with Gasteiger partial charge in [0.2, 0.25) is 0 Å². The smallest absolute Gasteiger partial charge is 0.277 e. The van der Waals surface area contributed by atoms with Gasteiger partial charge in [-0.05, 0) is 43.3 Å². The molecule has 4 rings (SSSR count). The van der Waals surface area contributed by atoms with Crippen LogP contribution in [-0.2, 0) is 11.3 Å². The highest BCUT2D eigenvalue weighted by atomic mass is 32.1. The Morgan fingerprint density at radius 2 is 2.19 bits per heavy atom. The molecule has 6 heteroatoms. The number of piperidine rings is 1. The molecule has 1 saturated heterocycles. The summed E-state index contributed by atoms with van der Waals surface area (Å²) in [6, 6.07) is 12.6. The topological polar surface area (TPSA) is 37.6 Å². The van der Waals surface area contributed by atoms with Crippen molar-refractivity contribution in [1.82, 2.24) is 9.88 Å². The van der Waals surface area contributed by atoms with Gasteiger partial charge in [-0.2, -0.15) is 0 Å². The number of fused-ring (bicyclic) bond motifs is 1. The first-order chi connectivity index (χ1) is 13.2. The number of rotatable bonds is 6.